The lowest BCUT2D eigenvalue weighted by atomic mass is 10.0. The maximum absolute atomic E-state index is 5.59. The molecule has 1 nitrogen and oxygen atoms in total. The van der Waals surface area contributed by atoms with Crippen LogP contribution in [0.5, 0.6) is 0 Å². The van der Waals surface area contributed by atoms with Crippen molar-refractivity contribution >= 4 is 0 Å². The summed E-state index contributed by atoms with van der Waals surface area (Å²) in [6.45, 7) is 4.49. The fourth-order valence-corrected chi connectivity index (χ4v) is 1.59. The number of unbranched alkanes of at least 4 members (excludes halogenated alkanes) is 3. The van der Waals surface area contributed by atoms with E-state index < -0.39 is 0 Å². The van der Waals surface area contributed by atoms with E-state index in [9.17, 15) is 0 Å². The van der Waals surface area contributed by atoms with Gasteiger partial charge in [-0.2, -0.15) is 0 Å². The molecule has 1 rings (SSSR count). The number of hydrogen-bond acceptors (Lipinski definition) is 1. The van der Waals surface area contributed by atoms with Gasteiger partial charge in [0.1, 0.15) is 0 Å². The van der Waals surface area contributed by atoms with Gasteiger partial charge in [0.2, 0.25) is 0 Å². The number of hydrogen-bond donors (Lipinski definition) is 1. The standard InChI is InChI=1S/C13H20N/c1-2-3-4-5-7-12-8-6-9-13(10-12)11-14/h6,8-10H,1-5,7,11,14H2. The molecule has 1 aromatic rings. The van der Waals surface area contributed by atoms with Gasteiger partial charge in [-0.3, -0.25) is 0 Å². The maximum atomic E-state index is 5.59. The summed E-state index contributed by atoms with van der Waals surface area (Å²) < 4.78 is 0. The summed E-state index contributed by atoms with van der Waals surface area (Å²) in [7, 11) is 0. The van der Waals surface area contributed by atoms with Crippen molar-refractivity contribution in [2.75, 3.05) is 0 Å². The second kappa shape index (κ2) is 6.61. The molecule has 0 atom stereocenters. The van der Waals surface area contributed by atoms with Crippen LogP contribution in [0.25, 0.3) is 0 Å². The molecular formula is C13H20N. The lowest BCUT2D eigenvalue weighted by molar-refractivity contribution is 0.685. The average Bonchev–Trinajstić information content (AvgIpc) is 2.25. The zero-order valence-electron chi connectivity index (χ0n) is 8.84. The second-order valence-corrected chi connectivity index (χ2v) is 3.69. The summed E-state index contributed by atoms with van der Waals surface area (Å²) in [6.07, 6.45) is 6.03. The number of nitrogens with two attached hydrogens (primary N) is 1. The van der Waals surface area contributed by atoms with Crippen LogP contribution in [0.15, 0.2) is 24.3 Å². The summed E-state index contributed by atoms with van der Waals surface area (Å²) in [5, 5.41) is 0. The molecule has 0 saturated heterocycles. The molecule has 0 heterocycles. The molecule has 1 aromatic carbocycles. The molecule has 0 amide bonds. The molecule has 2 N–H and O–H groups in total. The van der Waals surface area contributed by atoms with Crippen molar-refractivity contribution in [3.8, 4) is 0 Å². The van der Waals surface area contributed by atoms with Gasteiger partial charge in [-0.25, -0.2) is 0 Å². The summed E-state index contributed by atoms with van der Waals surface area (Å²) in [6, 6.07) is 8.58. The fourth-order valence-electron chi connectivity index (χ4n) is 1.59. The molecule has 0 spiro atoms. The molecule has 0 bridgehead atoms. The van der Waals surface area contributed by atoms with Gasteiger partial charge in [0.05, 0.1) is 0 Å². The van der Waals surface area contributed by atoms with Crippen LogP contribution in [-0.2, 0) is 13.0 Å². The molecule has 0 aliphatic rings. The number of rotatable bonds is 6. The molecule has 77 valence electrons. The van der Waals surface area contributed by atoms with Crippen LogP contribution in [0, 0.1) is 6.92 Å². The number of benzene rings is 1. The summed E-state index contributed by atoms with van der Waals surface area (Å²) in [4.78, 5) is 0. The van der Waals surface area contributed by atoms with Gasteiger partial charge in [0.15, 0.2) is 0 Å². The summed E-state index contributed by atoms with van der Waals surface area (Å²) in [5.41, 5.74) is 8.24. The van der Waals surface area contributed by atoms with Gasteiger partial charge >= 0.3 is 0 Å². The van der Waals surface area contributed by atoms with Gasteiger partial charge < -0.3 is 5.73 Å². The van der Waals surface area contributed by atoms with Crippen molar-refractivity contribution in [2.45, 2.75) is 38.6 Å². The Kier molecular flexibility index (Phi) is 5.31. The highest BCUT2D eigenvalue weighted by molar-refractivity contribution is 5.23. The molecule has 0 aliphatic carbocycles. The van der Waals surface area contributed by atoms with Crippen LogP contribution in [0.2, 0.25) is 0 Å². The van der Waals surface area contributed by atoms with E-state index in [-0.39, 0.29) is 0 Å². The Morgan fingerprint density at radius 3 is 2.57 bits per heavy atom. The Labute approximate surface area is 87.3 Å². The molecule has 14 heavy (non-hydrogen) atoms. The predicted molar refractivity (Wildman–Crippen MR) is 61.9 cm³/mol. The molecule has 0 aromatic heterocycles. The van der Waals surface area contributed by atoms with E-state index in [2.05, 4.69) is 31.2 Å². The van der Waals surface area contributed by atoms with Crippen molar-refractivity contribution in [1.82, 2.24) is 0 Å². The van der Waals surface area contributed by atoms with E-state index in [1.54, 1.807) is 0 Å². The van der Waals surface area contributed by atoms with Gasteiger partial charge in [-0.1, -0.05) is 50.5 Å². The third-order valence-corrected chi connectivity index (χ3v) is 2.44. The minimum Gasteiger partial charge on any atom is -0.326 e. The van der Waals surface area contributed by atoms with Gasteiger partial charge in [-0.05, 0) is 24.0 Å². The predicted octanol–water partition coefficient (Wildman–Crippen LogP) is 3.08. The number of aryl methyl sites for hydroxylation is 1. The van der Waals surface area contributed by atoms with Crippen LogP contribution in [-0.4, -0.2) is 0 Å². The fraction of sp³-hybridized carbons (Fsp3) is 0.462. The van der Waals surface area contributed by atoms with Crippen molar-refractivity contribution in [1.29, 1.82) is 0 Å². The third kappa shape index (κ3) is 3.93. The minimum atomic E-state index is 0.646. The molecular weight excluding hydrogens is 170 g/mol. The first-order valence-electron chi connectivity index (χ1n) is 5.44. The Morgan fingerprint density at radius 1 is 1.07 bits per heavy atom. The first-order valence-corrected chi connectivity index (χ1v) is 5.44. The Hall–Kier alpha value is -0.820. The van der Waals surface area contributed by atoms with Crippen molar-refractivity contribution in [3.05, 3.63) is 42.3 Å². The smallest absolute Gasteiger partial charge is 0.0178 e. The van der Waals surface area contributed by atoms with Crippen LogP contribution < -0.4 is 5.73 Å². The zero-order chi connectivity index (χ0) is 10.2. The quantitative estimate of drug-likeness (QED) is 0.685. The topological polar surface area (TPSA) is 26.0 Å². The maximum Gasteiger partial charge on any atom is 0.0178 e. The van der Waals surface area contributed by atoms with E-state index in [1.807, 2.05) is 0 Å². The van der Waals surface area contributed by atoms with E-state index in [1.165, 1.54) is 36.8 Å². The second-order valence-electron chi connectivity index (χ2n) is 3.69. The lowest BCUT2D eigenvalue weighted by Gasteiger charge is -2.03. The molecule has 0 saturated carbocycles. The third-order valence-electron chi connectivity index (χ3n) is 2.44. The van der Waals surface area contributed by atoms with Crippen LogP contribution >= 0.6 is 0 Å². The first-order chi connectivity index (χ1) is 6.86. The minimum absolute atomic E-state index is 0.646. The van der Waals surface area contributed by atoms with Gasteiger partial charge in [0.25, 0.3) is 0 Å². The van der Waals surface area contributed by atoms with E-state index in [0.29, 0.717) is 6.54 Å². The summed E-state index contributed by atoms with van der Waals surface area (Å²) >= 11 is 0. The SMILES string of the molecule is [CH2]CCCCCc1cccc(CN)c1. The van der Waals surface area contributed by atoms with E-state index in [0.717, 1.165) is 6.42 Å². The zero-order valence-corrected chi connectivity index (χ0v) is 8.84. The van der Waals surface area contributed by atoms with Crippen LogP contribution in [0.1, 0.15) is 36.8 Å². The van der Waals surface area contributed by atoms with Crippen LogP contribution in [0.3, 0.4) is 0 Å². The van der Waals surface area contributed by atoms with Crippen molar-refractivity contribution in [3.63, 3.8) is 0 Å². The molecule has 1 radical (unpaired) electrons. The average molecular weight is 190 g/mol. The van der Waals surface area contributed by atoms with Crippen molar-refractivity contribution < 1.29 is 0 Å². The van der Waals surface area contributed by atoms with E-state index in [4.69, 9.17) is 5.73 Å². The van der Waals surface area contributed by atoms with E-state index >= 15 is 0 Å². The van der Waals surface area contributed by atoms with Gasteiger partial charge in [0, 0.05) is 6.54 Å². The largest absolute Gasteiger partial charge is 0.326 e. The molecule has 1 heteroatoms. The Balaban J connectivity index is 2.34. The lowest BCUT2D eigenvalue weighted by Crippen LogP contribution is -1.97. The normalized spacial score (nSPS) is 10.4. The highest BCUT2D eigenvalue weighted by Gasteiger charge is 1.94. The summed E-state index contributed by atoms with van der Waals surface area (Å²) in [5.74, 6) is 0. The highest BCUT2D eigenvalue weighted by atomic mass is 14.5. The van der Waals surface area contributed by atoms with Gasteiger partial charge in [-0.15, -0.1) is 0 Å². The Morgan fingerprint density at radius 2 is 1.86 bits per heavy atom. The molecule has 0 aliphatic heterocycles. The first kappa shape index (κ1) is 11.3. The molecule has 0 unspecified atom stereocenters. The monoisotopic (exact) mass is 190 g/mol. The molecule has 0 fully saturated rings. The highest BCUT2D eigenvalue weighted by Crippen LogP contribution is 2.09. The Bertz CT molecular complexity index is 255. The van der Waals surface area contributed by atoms with Crippen LogP contribution in [0.4, 0.5) is 0 Å². The van der Waals surface area contributed by atoms with Crippen molar-refractivity contribution in [2.24, 2.45) is 5.73 Å².